The Morgan fingerprint density at radius 1 is 1.26 bits per heavy atom. The van der Waals surface area contributed by atoms with Gasteiger partial charge in [0.1, 0.15) is 12.2 Å². The third kappa shape index (κ3) is 3.47. The number of aromatic nitrogens is 6. The van der Waals surface area contributed by atoms with Gasteiger partial charge in [0.05, 0.1) is 18.3 Å². The van der Waals surface area contributed by atoms with Gasteiger partial charge in [-0.3, -0.25) is 4.79 Å². The number of carbonyl (C=O) groups is 1. The second-order valence-corrected chi connectivity index (χ2v) is 6.86. The molecular formula is C19H23N7O. The summed E-state index contributed by atoms with van der Waals surface area (Å²) in [7, 11) is 0. The molecule has 4 rings (SSSR count). The number of aryl methyl sites for hydroxylation is 2. The van der Waals surface area contributed by atoms with Crippen molar-refractivity contribution in [3.63, 3.8) is 0 Å². The molecule has 8 nitrogen and oxygen atoms in total. The van der Waals surface area contributed by atoms with Crippen LogP contribution in [-0.2, 0) is 19.5 Å². The quantitative estimate of drug-likeness (QED) is 0.747. The molecule has 1 aliphatic rings. The topological polar surface area (TPSA) is 90.5 Å². The fourth-order valence-corrected chi connectivity index (χ4v) is 3.43. The van der Waals surface area contributed by atoms with Gasteiger partial charge in [-0.05, 0) is 37.3 Å². The number of hydrogen-bond acceptors (Lipinski definition) is 5. The van der Waals surface area contributed by atoms with Crippen LogP contribution in [0.15, 0.2) is 30.6 Å². The molecule has 0 saturated carbocycles. The van der Waals surface area contributed by atoms with Crippen LogP contribution in [-0.4, -0.2) is 35.7 Å². The summed E-state index contributed by atoms with van der Waals surface area (Å²) in [5.74, 6) is 0.581. The van der Waals surface area contributed by atoms with Crippen molar-refractivity contribution in [1.82, 2.24) is 35.1 Å². The molecule has 3 aromatic rings. The van der Waals surface area contributed by atoms with Gasteiger partial charge in [0.15, 0.2) is 5.69 Å². The van der Waals surface area contributed by atoms with Crippen LogP contribution in [0.4, 0.5) is 0 Å². The molecule has 140 valence electrons. The summed E-state index contributed by atoms with van der Waals surface area (Å²) in [6, 6.07) is 8.28. The summed E-state index contributed by atoms with van der Waals surface area (Å²) in [5.41, 5.74) is 3.54. The smallest absolute Gasteiger partial charge is 0.274 e. The van der Waals surface area contributed by atoms with E-state index in [1.807, 2.05) is 11.6 Å². The van der Waals surface area contributed by atoms with Crippen molar-refractivity contribution in [2.75, 3.05) is 0 Å². The van der Waals surface area contributed by atoms with Crippen LogP contribution in [0.1, 0.15) is 58.9 Å². The first-order valence-electron chi connectivity index (χ1n) is 9.32. The zero-order chi connectivity index (χ0) is 18.8. The molecule has 27 heavy (non-hydrogen) atoms. The fourth-order valence-electron chi connectivity index (χ4n) is 3.43. The van der Waals surface area contributed by atoms with E-state index < -0.39 is 0 Å². The van der Waals surface area contributed by atoms with E-state index in [4.69, 9.17) is 0 Å². The zero-order valence-corrected chi connectivity index (χ0v) is 15.6. The van der Waals surface area contributed by atoms with Crippen molar-refractivity contribution in [3.05, 3.63) is 58.9 Å². The normalized spacial score (nSPS) is 16.1. The molecule has 2 aromatic heterocycles. The van der Waals surface area contributed by atoms with E-state index in [1.165, 1.54) is 11.9 Å². The Morgan fingerprint density at radius 2 is 2.04 bits per heavy atom. The molecule has 1 aliphatic heterocycles. The molecule has 1 amide bonds. The van der Waals surface area contributed by atoms with Crippen LogP contribution in [0.3, 0.4) is 0 Å². The zero-order valence-electron chi connectivity index (χ0n) is 15.6. The Bertz CT molecular complexity index is 941. The summed E-state index contributed by atoms with van der Waals surface area (Å²) >= 11 is 0. The molecule has 3 heterocycles. The van der Waals surface area contributed by atoms with E-state index in [0.717, 1.165) is 42.9 Å². The van der Waals surface area contributed by atoms with Gasteiger partial charge in [-0.25, -0.2) is 14.3 Å². The van der Waals surface area contributed by atoms with Gasteiger partial charge in [0.2, 0.25) is 0 Å². The van der Waals surface area contributed by atoms with Crippen molar-refractivity contribution >= 4 is 5.91 Å². The molecule has 0 radical (unpaired) electrons. The highest BCUT2D eigenvalue weighted by Gasteiger charge is 2.26. The maximum Gasteiger partial charge on any atom is 0.274 e. The molecule has 0 fully saturated rings. The van der Waals surface area contributed by atoms with Crippen molar-refractivity contribution in [1.29, 1.82) is 0 Å². The molecular weight excluding hydrogens is 342 g/mol. The Balaban J connectivity index is 1.48. The van der Waals surface area contributed by atoms with E-state index in [1.54, 1.807) is 4.68 Å². The number of benzene rings is 1. The van der Waals surface area contributed by atoms with Gasteiger partial charge in [0, 0.05) is 6.54 Å². The number of amides is 1. The molecule has 1 N–H and O–H groups in total. The molecule has 1 atom stereocenters. The summed E-state index contributed by atoms with van der Waals surface area (Å²) in [6.45, 7) is 5.44. The molecule has 0 saturated heterocycles. The number of nitrogens with zero attached hydrogens (tertiary/aromatic N) is 6. The minimum Gasteiger partial charge on any atom is -0.341 e. The maximum atomic E-state index is 12.7. The summed E-state index contributed by atoms with van der Waals surface area (Å²) in [6.07, 6.45) is 4.36. The third-order valence-corrected chi connectivity index (χ3v) is 5.09. The lowest BCUT2D eigenvalue weighted by molar-refractivity contribution is 0.0921. The van der Waals surface area contributed by atoms with Crippen LogP contribution < -0.4 is 5.32 Å². The van der Waals surface area contributed by atoms with Crippen molar-refractivity contribution in [2.24, 2.45) is 0 Å². The SMILES string of the molecule is CCc1ccc(Cn2nnc(C(=O)N[C@H]3CCCn4ncnc43)c2C)cc1. The molecule has 0 aliphatic carbocycles. The van der Waals surface area contributed by atoms with E-state index in [2.05, 4.69) is 56.9 Å². The van der Waals surface area contributed by atoms with Gasteiger partial charge >= 0.3 is 0 Å². The van der Waals surface area contributed by atoms with Gasteiger partial charge in [0.25, 0.3) is 5.91 Å². The molecule has 0 spiro atoms. The summed E-state index contributed by atoms with van der Waals surface area (Å²) in [5, 5.41) is 15.5. The van der Waals surface area contributed by atoms with Crippen LogP contribution >= 0.6 is 0 Å². The Kier molecular flexibility index (Phi) is 4.70. The van der Waals surface area contributed by atoms with E-state index in [9.17, 15) is 4.79 Å². The number of rotatable bonds is 5. The predicted octanol–water partition coefficient (Wildman–Crippen LogP) is 2.05. The Morgan fingerprint density at radius 3 is 2.81 bits per heavy atom. The minimum atomic E-state index is -0.221. The lowest BCUT2D eigenvalue weighted by Gasteiger charge is -2.22. The molecule has 1 aromatic carbocycles. The fraction of sp³-hybridized carbons (Fsp3) is 0.421. The van der Waals surface area contributed by atoms with Crippen LogP contribution in [0, 0.1) is 6.92 Å². The Labute approximate surface area is 157 Å². The first-order valence-corrected chi connectivity index (χ1v) is 9.32. The third-order valence-electron chi connectivity index (χ3n) is 5.09. The van der Waals surface area contributed by atoms with Crippen LogP contribution in [0.2, 0.25) is 0 Å². The highest BCUT2D eigenvalue weighted by Crippen LogP contribution is 2.22. The molecule has 8 heteroatoms. The van der Waals surface area contributed by atoms with Gasteiger partial charge in [-0.15, -0.1) is 5.10 Å². The standard InChI is InChI=1S/C19H23N7O/c1-3-14-6-8-15(9-7-14)11-26-13(2)17(23-24-26)19(27)22-16-5-4-10-25-18(16)20-12-21-25/h6-9,12,16H,3-5,10-11H2,1-2H3,(H,22,27)/t16-/m0/s1. The number of carbonyl (C=O) groups excluding carboxylic acids is 1. The van der Waals surface area contributed by atoms with Crippen molar-refractivity contribution in [3.8, 4) is 0 Å². The van der Waals surface area contributed by atoms with E-state index in [-0.39, 0.29) is 11.9 Å². The second-order valence-electron chi connectivity index (χ2n) is 6.86. The average Bonchev–Trinajstić information content (AvgIpc) is 3.30. The number of nitrogens with one attached hydrogen (secondary N) is 1. The van der Waals surface area contributed by atoms with Gasteiger partial charge < -0.3 is 5.32 Å². The van der Waals surface area contributed by atoms with Crippen LogP contribution in [0.25, 0.3) is 0 Å². The average molecular weight is 365 g/mol. The Hall–Kier alpha value is -3.03. The second kappa shape index (κ2) is 7.30. The lowest BCUT2D eigenvalue weighted by Crippen LogP contribution is -2.33. The van der Waals surface area contributed by atoms with Crippen molar-refractivity contribution in [2.45, 2.75) is 52.2 Å². The highest BCUT2D eigenvalue weighted by atomic mass is 16.2. The monoisotopic (exact) mass is 365 g/mol. The first kappa shape index (κ1) is 17.4. The largest absolute Gasteiger partial charge is 0.341 e. The summed E-state index contributed by atoms with van der Waals surface area (Å²) < 4.78 is 3.61. The van der Waals surface area contributed by atoms with Crippen LogP contribution in [0.5, 0.6) is 0 Å². The maximum absolute atomic E-state index is 12.7. The highest BCUT2D eigenvalue weighted by molar-refractivity contribution is 5.93. The van der Waals surface area contributed by atoms with Crippen molar-refractivity contribution < 1.29 is 4.79 Å². The lowest BCUT2D eigenvalue weighted by atomic mass is 10.1. The van der Waals surface area contributed by atoms with E-state index in [0.29, 0.717) is 12.2 Å². The number of fused-ring (bicyclic) bond motifs is 1. The molecule has 0 bridgehead atoms. The predicted molar refractivity (Wildman–Crippen MR) is 99.1 cm³/mol. The first-order chi connectivity index (χ1) is 13.2. The van der Waals surface area contributed by atoms with Gasteiger partial charge in [-0.2, -0.15) is 5.10 Å². The minimum absolute atomic E-state index is 0.139. The number of hydrogen-bond donors (Lipinski definition) is 1. The van der Waals surface area contributed by atoms with Gasteiger partial charge in [-0.1, -0.05) is 36.4 Å². The molecule has 0 unspecified atom stereocenters. The summed E-state index contributed by atoms with van der Waals surface area (Å²) in [4.78, 5) is 17.0. The van der Waals surface area contributed by atoms with E-state index >= 15 is 0 Å².